The molecule has 0 aliphatic carbocycles. The average Bonchev–Trinajstić information content (AvgIpc) is 2.55. The Morgan fingerprint density at radius 3 is 2.70 bits per heavy atom. The molecule has 6 heteroatoms. The van der Waals surface area contributed by atoms with Crippen molar-refractivity contribution in [3.63, 3.8) is 0 Å². The minimum Gasteiger partial charge on any atom is -0.497 e. The van der Waals surface area contributed by atoms with Gasteiger partial charge in [-0.3, -0.25) is 9.59 Å². The number of rotatable bonds is 10. The summed E-state index contributed by atoms with van der Waals surface area (Å²) >= 11 is 0. The Morgan fingerprint density at radius 2 is 2.04 bits per heavy atom. The molecule has 23 heavy (non-hydrogen) atoms. The number of hydrogen-bond donors (Lipinski definition) is 1. The van der Waals surface area contributed by atoms with E-state index >= 15 is 0 Å². The fraction of sp³-hybridized carbons (Fsp3) is 0.529. The van der Waals surface area contributed by atoms with Crippen molar-refractivity contribution in [3.05, 3.63) is 29.8 Å². The molecule has 0 saturated heterocycles. The van der Waals surface area contributed by atoms with Gasteiger partial charge in [0.25, 0.3) is 0 Å². The lowest BCUT2D eigenvalue weighted by Crippen LogP contribution is -2.41. The molecule has 1 aromatic carbocycles. The summed E-state index contributed by atoms with van der Waals surface area (Å²) in [6.07, 6.45) is 1.43. The Morgan fingerprint density at radius 1 is 1.26 bits per heavy atom. The molecule has 0 unspecified atom stereocenters. The Hall–Kier alpha value is -2.08. The molecule has 128 valence electrons. The van der Waals surface area contributed by atoms with Gasteiger partial charge in [0.05, 0.1) is 13.7 Å². The van der Waals surface area contributed by atoms with Crippen molar-refractivity contribution in [2.75, 3.05) is 40.5 Å². The summed E-state index contributed by atoms with van der Waals surface area (Å²) in [6.45, 7) is 3.20. The first kappa shape index (κ1) is 19.0. The first-order valence-corrected chi connectivity index (χ1v) is 7.71. The van der Waals surface area contributed by atoms with Gasteiger partial charge in [-0.05, 0) is 30.5 Å². The number of carbonyl (C=O) groups excluding carboxylic acids is 2. The highest BCUT2D eigenvalue weighted by atomic mass is 16.5. The van der Waals surface area contributed by atoms with Crippen molar-refractivity contribution in [3.8, 4) is 5.75 Å². The molecule has 0 atom stereocenters. The summed E-state index contributed by atoms with van der Waals surface area (Å²) in [5.41, 5.74) is 1.07. The van der Waals surface area contributed by atoms with Crippen molar-refractivity contribution in [1.82, 2.24) is 10.2 Å². The normalized spacial score (nSPS) is 10.2. The maximum atomic E-state index is 11.9. The molecule has 0 heterocycles. The largest absolute Gasteiger partial charge is 0.497 e. The summed E-state index contributed by atoms with van der Waals surface area (Å²) in [5.74, 6) is 0.523. The fourth-order valence-electron chi connectivity index (χ4n) is 2.11. The van der Waals surface area contributed by atoms with E-state index < -0.39 is 0 Å². The zero-order valence-corrected chi connectivity index (χ0v) is 14.1. The number of methoxy groups -OCH3 is 2. The van der Waals surface area contributed by atoms with Gasteiger partial charge in [0, 0.05) is 33.7 Å². The van der Waals surface area contributed by atoms with E-state index in [1.807, 2.05) is 24.3 Å². The molecule has 0 aliphatic heterocycles. The van der Waals surface area contributed by atoms with E-state index in [1.165, 1.54) is 6.92 Å². The second kappa shape index (κ2) is 10.6. The van der Waals surface area contributed by atoms with E-state index in [4.69, 9.17) is 9.47 Å². The van der Waals surface area contributed by atoms with Gasteiger partial charge >= 0.3 is 0 Å². The molecule has 0 aromatic heterocycles. The number of benzene rings is 1. The highest BCUT2D eigenvalue weighted by Gasteiger charge is 2.13. The lowest BCUT2D eigenvalue weighted by atomic mass is 10.1. The minimum atomic E-state index is -0.151. The number of ether oxygens (including phenoxy) is 2. The number of carbonyl (C=O) groups is 2. The molecule has 1 N–H and O–H groups in total. The van der Waals surface area contributed by atoms with Gasteiger partial charge in [0.15, 0.2) is 0 Å². The predicted molar refractivity (Wildman–Crippen MR) is 88.5 cm³/mol. The monoisotopic (exact) mass is 322 g/mol. The Labute approximate surface area is 137 Å². The zero-order chi connectivity index (χ0) is 17.1. The van der Waals surface area contributed by atoms with E-state index in [0.29, 0.717) is 26.1 Å². The van der Waals surface area contributed by atoms with Gasteiger partial charge in [-0.25, -0.2) is 0 Å². The highest BCUT2D eigenvalue weighted by molar-refractivity contribution is 5.83. The van der Waals surface area contributed by atoms with Crippen LogP contribution in [0.15, 0.2) is 24.3 Å². The molecule has 2 amide bonds. The summed E-state index contributed by atoms with van der Waals surface area (Å²) in [6, 6.07) is 7.70. The van der Waals surface area contributed by atoms with Crippen LogP contribution in [0.25, 0.3) is 0 Å². The molecule has 0 fully saturated rings. The fourth-order valence-corrected chi connectivity index (χ4v) is 2.11. The number of amides is 2. The first-order chi connectivity index (χ1) is 11.1. The Balaban J connectivity index is 2.45. The summed E-state index contributed by atoms with van der Waals surface area (Å²) in [5, 5.41) is 2.79. The standard InChI is InChI=1S/C17H26N2O4/c1-14(20)19(13-17(21)18-9-5-11-22-2)10-8-15-6-4-7-16(12-15)23-3/h4,6-7,12H,5,8-11,13H2,1-3H3,(H,18,21). The molecule has 6 nitrogen and oxygen atoms in total. The number of nitrogens with one attached hydrogen (secondary N) is 1. The van der Waals surface area contributed by atoms with E-state index in [1.54, 1.807) is 19.1 Å². The van der Waals surface area contributed by atoms with Crippen LogP contribution >= 0.6 is 0 Å². The average molecular weight is 322 g/mol. The second-order valence-electron chi connectivity index (χ2n) is 5.24. The first-order valence-electron chi connectivity index (χ1n) is 7.71. The minimum absolute atomic E-state index is 0.0757. The maximum Gasteiger partial charge on any atom is 0.239 e. The molecule has 0 bridgehead atoms. The summed E-state index contributed by atoms with van der Waals surface area (Å²) < 4.78 is 10.1. The van der Waals surface area contributed by atoms with Crippen LogP contribution in [0.2, 0.25) is 0 Å². The Kier molecular flexibility index (Phi) is 8.75. The van der Waals surface area contributed by atoms with Crippen LogP contribution in [0, 0.1) is 0 Å². The van der Waals surface area contributed by atoms with E-state index in [9.17, 15) is 9.59 Å². The smallest absolute Gasteiger partial charge is 0.239 e. The number of nitrogens with zero attached hydrogens (tertiary/aromatic N) is 1. The summed E-state index contributed by atoms with van der Waals surface area (Å²) in [4.78, 5) is 25.1. The van der Waals surface area contributed by atoms with Crippen LogP contribution in [0.3, 0.4) is 0 Å². The SMILES string of the molecule is COCCCNC(=O)CN(CCc1cccc(OC)c1)C(C)=O. The highest BCUT2D eigenvalue weighted by Crippen LogP contribution is 2.13. The van der Waals surface area contributed by atoms with Crippen molar-refractivity contribution < 1.29 is 19.1 Å². The third kappa shape index (κ3) is 7.65. The van der Waals surface area contributed by atoms with Gasteiger partial charge in [0.2, 0.25) is 11.8 Å². The van der Waals surface area contributed by atoms with Crippen LogP contribution in [-0.2, 0) is 20.7 Å². The lowest BCUT2D eigenvalue weighted by molar-refractivity contribution is -0.134. The summed E-state index contributed by atoms with van der Waals surface area (Å²) in [7, 11) is 3.24. The van der Waals surface area contributed by atoms with Gasteiger partial charge in [-0.1, -0.05) is 12.1 Å². The van der Waals surface area contributed by atoms with Crippen LogP contribution < -0.4 is 10.1 Å². The van der Waals surface area contributed by atoms with E-state index in [2.05, 4.69) is 5.32 Å². The maximum absolute atomic E-state index is 11.9. The zero-order valence-electron chi connectivity index (χ0n) is 14.1. The lowest BCUT2D eigenvalue weighted by Gasteiger charge is -2.20. The van der Waals surface area contributed by atoms with Crippen LogP contribution in [-0.4, -0.2) is 57.2 Å². The van der Waals surface area contributed by atoms with Gasteiger partial charge in [-0.15, -0.1) is 0 Å². The quantitative estimate of drug-likeness (QED) is 0.658. The van der Waals surface area contributed by atoms with E-state index in [-0.39, 0.29) is 18.4 Å². The molecule has 0 saturated carbocycles. The molecule has 1 aromatic rings. The molecular weight excluding hydrogens is 296 g/mol. The molecule has 0 spiro atoms. The van der Waals surface area contributed by atoms with Crippen molar-refractivity contribution >= 4 is 11.8 Å². The van der Waals surface area contributed by atoms with E-state index in [0.717, 1.165) is 17.7 Å². The number of hydrogen-bond acceptors (Lipinski definition) is 4. The molecule has 0 radical (unpaired) electrons. The third-order valence-electron chi connectivity index (χ3n) is 3.43. The van der Waals surface area contributed by atoms with Crippen LogP contribution in [0.4, 0.5) is 0 Å². The van der Waals surface area contributed by atoms with Crippen LogP contribution in [0.5, 0.6) is 5.75 Å². The molecular formula is C17H26N2O4. The molecule has 1 rings (SSSR count). The van der Waals surface area contributed by atoms with Crippen LogP contribution in [0.1, 0.15) is 18.9 Å². The van der Waals surface area contributed by atoms with Gasteiger partial charge in [0.1, 0.15) is 5.75 Å². The van der Waals surface area contributed by atoms with Crippen molar-refractivity contribution in [1.29, 1.82) is 0 Å². The molecule has 0 aliphatic rings. The predicted octanol–water partition coefficient (Wildman–Crippen LogP) is 1.24. The Bertz CT molecular complexity index is 505. The van der Waals surface area contributed by atoms with Gasteiger partial charge in [-0.2, -0.15) is 0 Å². The van der Waals surface area contributed by atoms with Crippen molar-refractivity contribution in [2.24, 2.45) is 0 Å². The third-order valence-corrected chi connectivity index (χ3v) is 3.43. The topological polar surface area (TPSA) is 67.9 Å². The van der Waals surface area contributed by atoms with Gasteiger partial charge < -0.3 is 19.7 Å². The van der Waals surface area contributed by atoms with Crippen molar-refractivity contribution in [2.45, 2.75) is 19.8 Å². The second-order valence-corrected chi connectivity index (χ2v) is 5.24.